The topological polar surface area (TPSA) is 75.9 Å². The average molecular weight is 288 g/mol. The van der Waals surface area contributed by atoms with Gasteiger partial charge in [0.15, 0.2) is 0 Å². The van der Waals surface area contributed by atoms with Gasteiger partial charge in [0.05, 0.1) is 17.9 Å². The van der Waals surface area contributed by atoms with E-state index in [4.69, 9.17) is 0 Å². The molecule has 0 unspecified atom stereocenters. The lowest BCUT2D eigenvalue weighted by molar-refractivity contribution is 0.193. The van der Waals surface area contributed by atoms with E-state index in [9.17, 15) is 4.79 Å². The molecule has 112 valence electrons. The number of nitrogens with zero attached hydrogens (tertiary/aromatic N) is 5. The van der Waals surface area contributed by atoms with Crippen molar-refractivity contribution >= 4 is 6.03 Å². The zero-order valence-electron chi connectivity index (χ0n) is 12.3. The lowest BCUT2D eigenvalue weighted by atomic mass is 10.2. The Hall–Kier alpha value is -2.44. The summed E-state index contributed by atoms with van der Waals surface area (Å²) in [5.41, 5.74) is 0.873. The molecule has 2 amide bonds. The van der Waals surface area contributed by atoms with Crippen molar-refractivity contribution in [2.45, 2.75) is 25.9 Å². The highest BCUT2D eigenvalue weighted by Crippen LogP contribution is 2.15. The van der Waals surface area contributed by atoms with Crippen LogP contribution in [0.1, 0.15) is 25.1 Å². The molecule has 2 aromatic rings. The Morgan fingerprint density at radius 3 is 2.95 bits per heavy atom. The van der Waals surface area contributed by atoms with Gasteiger partial charge in [-0.05, 0) is 25.5 Å². The summed E-state index contributed by atoms with van der Waals surface area (Å²) in [6.45, 7) is 3.29. The van der Waals surface area contributed by atoms with Crippen LogP contribution in [-0.2, 0) is 6.54 Å². The van der Waals surface area contributed by atoms with Crippen molar-refractivity contribution in [2.75, 3.05) is 13.6 Å². The van der Waals surface area contributed by atoms with Gasteiger partial charge in [0, 0.05) is 32.5 Å². The number of hydrogen-bond donors (Lipinski definition) is 1. The lowest BCUT2D eigenvalue weighted by Crippen LogP contribution is -2.39. The van der Waals surface area contributed by atoms with Crippen LogP contribution < -0.4 is 5.32 Å². The van der Waals surface area contributed by atoms with Crippen LogP contribution in [0, 0.1) is 0 Å². The third kappa shape index (κ3) is 4.27. The second-order valence-electron chi connectivity index (χ2n) is 4.79. The van der Waals surface area contributed by atoms with E-state index in [1.54, 1.807) is 35.2 Å². The maximum atomic E-state index is 12.1. The number of hydrogen-bond acceptors (Lipinski definition) is 4. The zero-order valence-corrected chi connectivity index (χ0v) is 12.3. The van der Waals surface area contributed by atoms with Gasteiger partial charge in [0.25, 0.3) is 0 Å². The van der Waals surface area contributed by atoms with Gasteiger partial charge >= 0.3 is 6.03 Å². The van der Waals surface area contributed by atoms with Crippen molar-refractivity contribution in [2.24, 2.45) is 0 Å². The highest BCUT2D eigenvalue weighted by atomic mass is 16.2. The fourth-order valence-corrected chi connectivity index (χ4v) is 1.91. The Morgan fingerprint density at radius 2 is 2.29 bits per heavy atom. The van der Waals surface area contributed by atoms with Gasteiger partial charge in [0.1, 0.15) is 0 Å². The predicted molar refractivity (Wildman–Crippen MR) is 78.5 cm³/mol. The van der Waals surface area contributed by atoms with Crippen molar-refractivity contribution < 1.29 is 4.79 Å². The molecule has 0 spiro atoms. The molecule has 2 rings (SSSR count). The normalized spacial score (nSPS) is 11.9. The fraction of sp³-hybridized carbons (Fsp3) is 0.429. The zero-order chi connectivity index (χ0) is 15.1. The molecule has 0 bridgehead atoms. The van der Waals surface area contributed by atoms with Crippen molar-refractivity contribution in [1.29, 1.82) is 0 Å². The quantitative estimate of drug-likeness (QED) is 0.817. The monoisotopic (exact) mass is 288 g/mol. The number of aryl methyl sites for hydroxylation is 1. The summed E-state index contributed by atoms with van der Waals surface area (Å²) in [6, 6.07) is 5.52. The minimum Gasteiger partial charge on any atom is -0.338 e. The Labute approximate surface area is 124 Å². The van der Waals surface area contributed by atoms with Crippen LogP contribution >= 0.6 is 0 Å². The molecular formula is C14H20N6O. The van der Waals surface area contributed by atoms with E-state index < -0.39 is 0 Å². The second kappa shape index (κ2) is 7.37. The number of pyridine rings is 1. The van der Waals surface area contributed by atoms with Crippen LogP contribution in [-0.4, -0.2) is 44.5 Å². The first-order valence-corrected chi connectivity index (χ1v) is 6.94. The van der Waals surface area contributed by atoms with Crippen LogP contribution in [0.15, 0.2) is 36.8 Å². The first-order valence-electron chi connectivity index (χ1n) is 6.94. The molecule has 2 heterocycles. The predicted octanol–water partition coefficient (Wildman–Crippen LogP) is 1.47. The molecule has 0 aromatic carbocycles. The van der Waals surface area contributed by atoms with Crippen LogP contribution in [0.4, 0.5) is 4.79 Å². The molecule has 2 aromatic heterocycles. The molecule has 0 radical (unpaired) electrons. The van der Waals surface area contributed by atoms with E-state index in [1.165, 1.54) is 0 Å². The van der Waals surface area contributed by atoms with Crippen LogP contribution in [0.3, 0.4) is 0 Å². The van der Waals surface area contributed by atoms with E-state index in [0.717, 1.165) is 18.7 Å². The summed E-state index contributed by atoms with van der Waals surface area (Å²) >= 11 is 0. The molecule has 0 aliphatic carbocycles. The number of carbonyl (C=O) groups excluding carboxylic acids is 1. The molecule has 0 saturated heterocycles. The molecule has 1 atom stereocenters. The molecule has 7 heteroatoms. The van der Waals surface area contributed by atoms with E-state index in [2.05, 4.69) is 20.6 Å². The maximum Gasteiger partial charge on any atom is 0.317 e. The number of aromatic nitrogens is 4. The Balaban J connectivity index is 1.74. The highest BCUT2D eigenvalue weighted by Gasteiger charge is 2.17. The van der Waals surface area contributed by atoms with Crippen molar-refractivity contribution in [3.63, 3.8) is 0 Å². The number of rotatable bonds is 6. The van der Waals surface area contributed by atoms with Crippen LogP contribution in [0.25, 0.3) is 0 Å². The molecule has 1 N–H and O–H groups in total. The summed E-state index contributed by atoms with van der Waals surface area (Å²) in [7, 11) is 1.77. The number of urea groups is 1. The Bertz CT molecular complexity index is 542. The summed E-state index contributed by atoms with van der Waals surface area (Å²) in [6.07, 6.45) is 5.98. The molecule has 0 aliphatic heterocycles. The molecule has 7 nitrogen and oxygen atoms in total. The van der Waals surface area contributed by atoms with Gasteiger partial charge < -0.3 is 10.2 Å². The van der Waals surface area contributed by atoms with Crippen molar-refractivity contribution in [1.82, 2.24) is 30.2 Å². The van der Waals surface area contributed by atoms with Crippen LogP contribution in [0.2, 0.25) is 0 Å². The van der Waals surface area contributed by atoms with Gasteiger partial charge in [-0.2, -0.15) is 0 Å². The average Bonchev–Trinajstić information content (AvgIpc) is 3.04. The number of amides is 2. The summed E-state index contributed by atoms with van der Waals surface area (Å²) in [4.78, 5) is 18.0. The Kier molecular flexibility index (Phi) is 5.25. The largest absolute Gasteiger partial charge is 0.338 e. The van der Waals surface area contributed by atoms with E-state index in [1.807, 2.05) is 25.1 Å². The van der Waals surface area contributed by atoms with Gasteiger partial charge in [-0.1, -0.05) is 11.3 Å². The first-order chi connectivity index (χ1) is 10.2. The molecular weight excluding hydrogens is 268 g/mol. The third-order valence-corrected chi connectivity index (χ3v) is 3.33. The van der Waals surface area contributed by atoms with Crippen molar-refractivity contribution in [3.8, 4) is 0 Å². The van der Waals surface area contributed by atoms with Gasteiger partial charge in [-0.3, -0.25) is 9.67 Å². The molecule has 0 saturated carbocycles. The highest BCUT2D eigenvalue weighted by molar-refractivity contribution is 5.74. The van der Waals surface area contributed by atoms with E-state index in [-0.39, 0.29) is 12.1 Å². The first kappa shape index (κ1) is 15.0. The van der Waals surface area contributed by atoms with E-state index in [0.29, 0.717) is 6.54 Å². The molecule has 0 aliphatic rings. The van der Waals surface area contributed by atoms with Gasteiger partial charge in [-0.25, -0.2) is 4.79 Å². The fourth-order valence-electron chi connectivity index (χ4n) is 1.91. The summed E-state index contributed by atoms with van der Waals surface area (Å²) in [5, 5.41) is 10.5. The summed E-state index contributed by atoms with van der Waals surface area (Å²) in [5.74, 6) is 0. The van der Waals surface area contributed by atoms with Gasteiger partial charge in [0.2, 0.25) is 0 Å². The van der Waals surface area contributed by atoms with Crippen LogP contribution in [0.5, 0.6) is 0 Å². The third-order valence-electron chi connectivity index (χ3n) is 3.33. The standard InChI is InChI=1S/C14H20N6O/c1-12(13-6-3-4-7-15-13)19(2)14(21)16-8-5-10-20-11-9-17-18-20/h3-4,6-7,9,11-12H,5,8,10H2,1-2H3,(H,16,21)/t12-/m1/s1. The maximum absolute atomic E-state index is 12.1. The minimum absolute atomic E-state index is 0.0680. The number of nitrogens with one attached hydrogen (secondary N) is 1. The van der Waals surface area contributed by atoms with Crippen molar-refractivity contribution in [3.05, 3.63) is 42.5 Å². The SMILES string of the molecule is C[C@H](c1ccccn1)N(C)C(=O)NCCCn1ccnn1. The minimum atomic E-state index is -0.105. The van der Waals surface area contributed by atoms with Gasteiger partial charge in [-0.15, -0.1) is 5.10 Å². The second-order valence-corrected chi connectivity index (χ2v) is 4.79. The summed E-state index contributed by atoms with van der Waals surface area (Å²) < 4.78 is 1.74. The molecule has 0 fully saturated rings. The Morgan fingerprint density at radius 1 is 1.43 bits per heavy atom. The molecule has 21 heavy (non-hydrogen) atoms. The lowest BCUT2D eigenvalue weighted by Gasteiger charge is -2.24. The van der Waals surface area contributed by atoms with E-state index >= 15 is 0 Å². The smallest absolute Gasteiger partial charge is 0.317 e. The number of carbonyl (C=O) groups is 1.